The molecule has 2 heterocycles. The van der Waals surface area contributed by atoms with Crippen LogP contribution in [-0.2, 0) is 13.0 Å². The molecule has 0 aliphatic carbocycles. The lowest BCUT2D eigenvalue weighted by Gasteiger charge is -2.16. The highest BCUT2D eigenvalue weighted by Crippen LogP contribution is 2.32. The van der Waals surface area contributed by atoms with Gasteiger partial charge in [-0.1, -0.05) is 13.3 Å². The molecule has 1 atom stereocenters. The number of fused-ring (bicyclic) bond motifs is 1. The van der Waals surface area contributed by atoms with Crippen LogP contribution >= 0.6 is 0 Å². The first kappa shape index (κ1) is 21.6. The molecule has 0 unspecified atom stereocenters. The summed E-state index contributed by atoms with van der Waals surface area (Å²) < 4.78 is 13.1. The molecular formula is C21H31N7O2. The number of anilines is 2. The van der Waals surface area contributed by atoms with Crippen molar-refractivity contribution in [2.75, 3.05) is 31.8 Å². The van der Waals surface area contributed by atoms with Crippen molar-refractivity contribution >= 4 is 22.8 Å². The minimum absolute atomic E-state index is 0.0457. The van der Waals surface area contributed by atoms with Crippen molar-refractivity contribution in [3.63, 3.8) is 0 Å². The van der Waals surface area contributed by atoms with E-state index in [4.69, 9.17) is 26.0 Å². The van der Waals surface area contributed by atoms with Gasteiger partial charge in [-0.15, -0.1) is 0 Å². The van der Waals surface area contributed by atoms with Crippen molar-refractivity contribution in [1.29, 1.82) is 0 Å². The summed E-state index contributed by atoms with van der Waals surface area (Å²) in [7, 11) is 3.30. The number of nitrogen functional groups attached to an aromatic ring is 1. The second kappa shape index (κ2) is 9.62. The molecule has 0 amide bonds. The lowest BCUT2D eigenvalue weighted by Crippen LogP contribution is -2.18. The highest BCUT2D eigenvalue weighted by atomic mass is 16.5. The SMILES string of the molecule is CCCCNc1nc(N)nc2cn(Cc3c(OC)cc(C[C@@H](C)N)cc3OC)nc12. The molecule has 0 radical (unpaired) electrons. The summed E-state index contributed by atoms with van der Waals surface area (Å²) >= 11 is 0. The Bertz CT molecular complexity index is 975. The third kappa shape index (κ3) is 4.91. The van der Waals surface area contributed by atoms with Gasteiger partial charge in [-0.2, -0.15) is 10.1 Å². The summed E-state index contributed by atoms with van der Waals surface area (Å²) in [5.41, 5.74) is 15.2. The van der Waals surface area contributed by atoms with E-state index in [0.717, 1.165) is 48.4 Å². The molecule has 3 rings (SSSR count). The van der Waals surface area contributed by atoms with E-state index in [1.54, 1.807) is 18.9 Å². The second-order valence-electron chi connectivity index (χ2n) is 7.43. The van der Waals surface area contributed by atoms with Gasteiger partial charge in [-0.25, -0.2) is 4.98 Å². The van der Waals surface area contributed by atoms with Crippen LogP contribution in [0.25, 0.3) is 11.0 Å². The van der Waals surface area contributed by atoms with Crippen LogP contribution in [0.2, 0.25) is 0 Å². The number of benzene rings is 1. The summed E-state index contributed by atoms with van der Waals surface area (Å²) in [6.07, 6.45) is 4.71. The molecule has 0 saturated carbocycles. The number of hydrogen-bond donors (Lipinski definition) is 3. The van der Waals surface area contributed by atoms with Gasteiger partial charge in [0.15, 0.2) is 11.3 Å². The van der Waals surface area contributed by atoms with E-state index >= 15 is 0 Å². The summed E-state index contributed by atoms with van der Waals surface area (Å²) in [6.45, 7) is 5.37. The third-order valence-corrected chi connectivity index (χ3v) is 4.80. The van der Waals surface area contributed by atoms with E-state index in [2.05, 4.69) is 22.2 Å². The average Bonchev–Trinajstić information content (AvgIpc) is 3.10. The van der Waals surface area contributed by atoms with Crippen LogP contribution in [-0.4, -0.2) is 46.6 Å². The summed E-state index contributed by atoms with van der Waals surface area (Å²) in [6, 6.07) is 4.05. The van der Waals surface area contributed by atoms with Gasteiger partial charge in [0.1, 0.15) is 17.0 Å². The van der Waals surface area contributed by atoms with Crippen molar-refractivity contribution in [2.45, 2.75) is 45.7 Å². The molecule has 9 heteroatoms. The molecule has 0 aliphatic rings. The molecule has 0 bridgehead atoms. The zero-order valence-corrected chi connectivity index (χ0v) is 18.1. The maximum Gasteiger partial charge on any atom is 0.222 e. The van der Waals surface area contributed by atoms with Gasteiger partial charge in [0, 0.05) is 12.6 Å². The van der Waals surface area contributed by atoms with E-state index in [-0.39, 0.29) is 12.0 Å². The molecule has 5 N–H and O–H groups in total. The number of nitrogens with two attached hydrogens (primary N) is 2. The van der Waals surface area contributed by atoms with Crippen LogP contribution in [0.4, 0.5) is 11.8 Å². The standard InChI is InChI=1S/C21H31N7O2/c1-5-6-7-24-20-19-16(25-21(23)26-20)12-28(27-19)11-15-17(29-3)9-14(8-13(2)22)10-18(15)30-4/h9-10,12-13H,5-8,11,22H2,1-4H3,(H3,23,24,25,26)/t13-/m1/s1. The van der Waals surface area contributed by atoms with E-state index < -0.39 is 0 Å². The smallest absolute Gasteiger partial charge is 0.222 e. The van der Waals surface area contributed by atoms with Gasteiger partial charge in [-0.3, -0.25) is 4.68 Å². The maximum absolute atomic E-state index is 5.96. The molecule has 9 nitrogen and oxygen atoms in total. The van der Waals surface area contributed by atoms with Crippen LogP contribution in [0.1, 0.15) is 37.8 Å². The second-order valence-corrected chi connectivity index (χ2v) is 7.43. The van der Waals surface area contributed by atoms with Crippen LogP contribution in [0, 0.1) is 0 Å². The zero-order chi connectivity index (χ0) is 21.7. The first-order chi connectivity index (χ1) is 14.4. The van der Waals surface area contributed by atoms with Gasteiger partial charge >= 0.3 is 0 Å². The number of hydrogen-bond acceptors (Lipinski definition) is 8. The van der Waals surface area contributed by atoms with Crippen molar-refractivity contribution < 1.29 is 9.47 Å². The van der Waals surface area contributed by atoms with Crippen molar-refractivity contribution in [1.82, 2.24) is 19.7 Å². The van der Waals surface area contributed by atoms with Crippen LogP contribution in [0.3, 0.4) is 0 Å². The Morgan fingerprint density at radius 3 is 2.47 bits per heavy atom. The number of aromatic nitrogens is 4. The summed E-state index contributed by atoms with van der Waals surface area (Å²) in [4.78, 5) is 8.64. The lowest BCUT2D eigenvalue weighted by atomic mass is 10.0. The highest BCUT2D eigenvalue weighted by Gasteiger charge is 2.17. The van der Waals surface area contributed by atoms with Crippen LogP contribution in [0.5, 0.6) is 11.5 Å². The molecule has 162 valence electrons. The third-order valence-electron chi connectivity index (χ3n) is 4.80. The van der Waals surface area contributed by atoms with Gasteiger partial charge < -0.3 is 26.3 Å². The Morgan fingerprint density at radius 2 is 1.87 bits per heavy atom. The Morgan fingerprint density at radius 1 is 1.17 bits per heavy atom. The van der Waals surface area contributed by atoms with Crippen LogP contribution < -0.4 is 26.3 Å². The number of nitrogens with one attached hydrogen (secondary N) is 1. The fourth-order valence-corrected chi connectivity index (χ4v) is 3.41. The highest BCUT2D eigenvalue weighted by molar-refractivity contribution is 5.85. The number of ether oxygens (including phenoxy) is 2. The van der Waals surface area contributed by atoms with Crippen molar-refractivity contribution in [3.8, 4) is 11.5 Å². The minimum atomic E-state index is 0.0457. The number of rotatable bonds is 10. The fourth-order valence-electron chi connectivity index (χ4n) is 3.41. The topological polar surface area (TPSA) is 126 Å². The molecule has 3 aromatic rings. The predicted molar refractivity (Wildman–Crippen MR) is 119 cm³/mol. The van der Waals surface area contributed by atoms with E-state index in [9.17, 15) is 0 Å². The maximum atomic E-state index is 5.96. The van der Waals surface area contributed by atoms with E-state index in [1.165, 1.54) is 0 Å². The van der Waals surface area contributed by atoms with Gasteiger partial charge in [0.05, 0.1) is 32.5 Å². The Kier molecular flexibility index (Phi) is 6.94. The molecule has 0 aliphatic heterocycles. The fraction of sp³-hybridized carbons (Fsp3) is 0.476. The molecule has 0 spiro atoms. The number of nitrogens with zero attached hydrogens (tertiary/aromatic N) is 4. The Balaban J connectivity index is 1.96. The zero-order valence-electron chi connectivity index (χ0n) is 18.1. The van der Waals surface area contributed by atoms with E-state index in [1.807, 2.05) is 25.3 Å². The molecule has 2 aromatic heterocycles. The van der Waals surface area contributed by atoms with Crippen molar-refractivity contribution in [2.24, 2.45) is 5.73 Å². The normalized spacial score (nSPS) is 12.2. The van der Waals surface area contributed by atoms with E-state index in [0.29, 0.717) is 23.4 Å². The first-order valence-electron chi connectivity index (χ1n) is 10.2. The minimum Gasteiger partial charge on any atom is -0.496 e. The van der Waals surface area contributed by atoms with Gasteiger partial charge in [0.2, 0.25) is 5.95 Å². The molecular weight excluding hydrogens is 382 g/mol. The summed E-state index contributed by atoms with van der Waals surface area (Å²) in [5.74, 6) is 2.33. The summed E-state index contributed by atoms with van der Waals surface area (Å²) in [5, 5.41) is 8.00. The quantitative estimate of drug-likeness (QED) is 0.433. The molecule has 0 saturated heterocycles. The Labute approximate surface area is 176 Å². The number of unbranched alkanes of at least 4 members (excludes halogenated alkanes) is 1. The first-order valence-corrected chi connectivity index (χ1v) is 10.2. The molecule has 1 aromatic carbocycles. The number of methoxy groups -OCH3 is 2. The monoisotopic (exact) mass is 413 g/mol. The lowest BCUT2D eigenvalue weighted by molar-refractivity contribution is 0.381. The predicted octanol–water partition coefficient (Wildman–Crippen LogP) is 2.58. The van der Waals surface area contributed by atoms with Crippen LogP contribution in [0.15, 0.2) is 18.3 Å². The average molecular weight is 414 g/mol. The van der Waals surface area contributed by atoms with Gasteiger partial charge in [0.25, 0.3) is 0 Å². The molecule has 0 fully saturated rings. The van der Waals surface area contributed by atoms with Crippen molar-refractivity contribution in [3.05, 3.63) is 29.5 Å². The Hall–Kier alpha value is -3.07. The molecule has 30 heavy (non-hydrogen) atoms. The van der Waals surface area contributed by atoms with Gasteiger partial charge in [-0.05, 0) is 37.5 Å². The largest absolute Gasteiger partial charge is 0.496 e.